The number of allylic oxidation sites excluding steroid dienone is 3. The molecule has 0 aromatic heterocycles. The molecule has 6 heteroatoms. The van der Waals surface area contributed by atoms with Gasteiger partial charge in [-0.25, -0.2) is 0 Å². The second-order valence-electron chi connectivity index (χ2n) is 13.2. The molecule has 45 heavy (non-hydrogen) atoms. The molecular formula is C39H46O6. The van der Waals surface area contributed by atoms with Crippen molar-refractivity contribution in [3.8, 4) is 11.5 Å². The molecule has 6 rings (SSSR count). The van der Waals surface area contributed by atoms with Crippen LogP contribution in [0.4, 0.5) is 0 Å². The van der Waals surface area contributed by atoms with Gasteiger partial charge in [0.2, 0.25) is 0 Å². The second-order valence-corrected chi connectivity index (χ2v) is 13.2. The SMILES string of the molecule is CC1C=C(OCC2CO2)C=CC1C(C)(C)c1ccc(C(C)(c2ccc(OCCCO)cc2)c2ccc(OCC3CO3)cc2)cc1. The maximum absolute atomic E-state index is 9.13. The van der Waals surface area contributed by atoms with Crippen LogP contribution >= 0.6 is 0 Å². The Morgan fingerprint density at radius 1 is 0.711 bits per heavy atom. The fourth-order valence-corrected chi connectivity index (χ4v) is 6.44. The van der Waals surface area contributed by atoms with E-state index in [4.69, 9.17) is 28.8 Å². The summed E-state index contributed by atoms with van der Waals surface area (Å²) >= 11 is 0. The van der Waals surface area contributed by atoms with Gasteiger partial charge < -0.3 is 28.8 Å². The van der Waals surface area contributed by atoms with Crippen LogP contribution in [0.25, 0.3) is 0 Å². The largest absolute Gasteiger partial charge is 0.494 e. The van der Waals surface area contributed by atoms with Gasteiger partial charge in [-0.1, -0.05) is 75.4 Å². The van der Waals surface area contributed by atoms with Crippen LogP contribution in [0.2, 0.25) is 0 Å². The lowest BCUT2D eigenvalue weighted by molar-refractivity contribution is 0.185. The summed E-state index contributed by atoms with van der Waals surface area (Å²) < 4.78 is 28.3. The molecule has 2 aliphatic heterocycles. The number of epoxide rings is 2. The van der Waals surface area contributed by atoms with Gasteiger partial charge in [0.15, 0.2) is 0 Å². The predicted molar refractivity (Wildman–Crippen MR) is 176 cm³/mol. The standard InChI is InChI=1S/C39H46O6/c1-27-22-34(43-24-36-26-45-36)18-19-37(27)38(2,3)28-6-8-29(9-7-28)39(4,30-10-14-32(15-11-30)41-21-5-20-40)31-12-16-33(17-13-31)42-23-35-25-44-35/h6-19,22,27,35-37,40H,5,20-21,23-26H2,1-4H3. The number of hydrogen-bond donors (Lipinski definition) is 1. The van der Waals surface area contributed by atoms with E-state index in [-0.39, 0.29) is 24.2 Å². The van der Waals surface area contributed by atoms with Crippen LogP contribution in [0.1, 0.15) is 56.4 Å². The fourth-order valence-electron chi connectivity index (χ4n) is 6.44. The molecule has 2 fully saturated rings. The van der Waals surface area contributed by atoms with Gasteiger partial charge in [-0.3, -0.25) is 0 Å². The first-order valence-corrected chi connectivity index (χ1v) is 16.2. The van der Waals surface area contributed by atoms with E-state index < -0.39 is 5.41 Å². The van der Waals surface area contributed by atoms with Crippen molar-refractivity contribution in [3.63, 3.8) is 0 Å². The van der Waals surface area contributed by atoms with Crippen LogP contribution < -0.4 is 9.47 Å². The van der Waals surface area contributed by atoms with Gasteiger partial charge in [0.05, 0.1) is 19.8 Å². The topological polar surface area (TPSA) is 73.0 Å². The Morgan fingerprint density at radius 2 is 1.20 bits per heavy atom. The molecule has 1 N–H and O–H groups in total. The van der Waals surface area contributed by atoms with E-state index in [1.54, 1.807) is 0 Å². The molecule has 2 heterocycles. The van der Waals surface area contributed by atoms with Gasteiger partial charge in [-0.15, -0.1) is 0 Å². The highest BCUT2D eigenvalue weighted by Crippen LogP contribution is 2.44. The third kappa shape index (κ3) is 7.30. The van der Waals surface area contributed by atoms with Crippen LogP contribution in [0.15, 0.2) is 96.8 Å². The summed E-state index contributed by atoms with van der Waals surface area (Å²) in [6.45, 7) is 12.6. The minimum absolute atomic E-state index is 0.0791. The third-order valence-electron chi connectivity index (χ3n) is 9.61. The van der Waals surface area contributed by atoms with Gasteiger partial charge in [0, 0.05) is 18.4 Å². The Hall–Kier alpha value is -3.58. The lowest BCUT2D eigenvalue weighted by Gasteiger charge is -2.38. The zero-order chi connectivity index (χ0) is 31.4. The van der Waals surface area contributed by atoms with E-state index in [9.17, 15) is 0 Å². The van der Waals surface area contributed by atoms with E-state index in [2.05, 4.69) is 107 Å². The van der Waals surface area contributed by atoms with Crippen LogP contribution in [0.3, 0.4) is 0 Å². The van der Waals surface area contributed by atoms with Crippen LogP contribution in [-0.2, 0) is 25.0 Å². The minimum Gasteiger partial charge on any atom is -0.494 e. The maximum atomic E-state index is 9.13. The maximum Gasteiger partial charge on any atom is 0.119 e. The number of ether oxygens (including phenoxy) is 5. The molecule has 5 unspecified atom stereocenters. The summed E-state index contributed by atoms with van der Waals surface area (Å²) in [7, 11) is 0. The first-order valence-electron chi connectivity index (χ1n) is 16.2. The van der Waals surface area contributed by atoms with Crippen molar-refractivity contribution in [2.45, 2.75) is 57.2 Å². The molecule has 1 aliphatic carbocycles. The van der Waals surface area contributed by atoms with Crippen molar-refractivity contribution in [2.75, 3.05) is 39.6 Å². The zero-order valence-electron chi connectivity index (χ0n) is 26.9. The van der Waals surface area contributed by atoms with E-state index in [1.807, 2.05) is 12.1 Å². The Bertz CT molecular complexity index is 1470. The summed E-state index contributed by atoms with van der Waals surface area (Å²) in [4.78, 5) is 0. The van der Waals surface area contributed by atoms with Crippen molar-refractivity contribution < 1.29 is 28.8 Å². The van der Waals surface area contributed by atoms with Crippen molar-refractivity contribution in [3.05, 3.63) is 119 Å². The van der Waals surface area contributed by atoms with Crippen molar-refractivity contribution in [1.29, 1.82) is 0 Å². The number of rotatable bonds is 15. The number of aliphatic hydroxyl groups is 1. The molecule has 3 aromatic rings. The number of aliphatic hydroxyl groups excluding tert-OH is 1. The number of benzene rings is 3. The smallest absolute Gasteiger partial charge is 0.119 e. The van der Waals surface area contributed by atoms with Crippen LogP contribution in [0, 0.1) is 11.8 Å². The molecule has 0 spiro atoms. The van der Waals surface area contributed by atoms with E-state index in [0.717, 1.165) is 30.5 Å². The molecule has 2 saturated heterocycles. The molecule has 3 aromatic carbocycles. The molecule has 0 radical (unpaired) electrons. The average Bonchev–Trinajstić information content (AvgIpc) is 3.99. The van der Waals surface area contributed by atoms with Crippen molar-refractivity contribution in [1.82, 2.24) is 0 Å². The lowest BCUT2D eigenvalue weighted by atomic mass is 9.66. The van der Waals surface area contributed by atoms with Crippen molar-refractivity contribution >= 4 is 0 Å². The molecule has 5 atom stereocenters. The highest BCUT2D eigenvalue weighted by atomic mass is 16.6. The van der Waals surface area contributed by atoms with Gasteiger partial charge in [0.1, 0.15) is 42.7 Å². The quantitative estimate of drug-likeness (QED) is 0.114. The Labute approximate surface area is 267 Å². The van der Waals surface area contributed by atoms with Gasteiger partial charge >= 0.3 is 0 Å². The first kappa shape index (κ1) is 31.4. The van der Waals surface area contributed by atoms with Crippen LogP contribution in [0.5, 0.6) is 11.5 Å². The Morgan fingerprint density at radius 3 is 1.71 bits per heavy atom. The average molecular weight is 611 g/mol. The van der Waals surface area contributed by atoms with Gasteiger partial charge in [-0.05, 0) is 82.8 Å². The van der Waals surface area contributed by atoms with Crippen molar-refractivity contribution in [2.24, 2.45) is 11.8 Å². The molecule has 0 amide bonds. The van der Waals surface area contributed by atoms with Gasteiger partial charge in [0.25, 0.3) is 0 Å². The minimum atomic E-state index is -0.414. The zero-order valence-corrected chi connectivity index (χ0v) is 26.9. The van der Waals surface area contributed by atoms with E-state index >= 15 is 0 Å². The second kappa shape index (κ2) is 13.4. The molecule has 0 saturated carbocycles. The normalized spacial score (nSPS) is 23.5. The molecule has 3 aliphatic rings. The number of hydrogen-bond acceptors (Lipinski definition) is 6. The van der Waals surface area contributed by atoms with Crippen LogP contribution in [-0.4, -0.2) is 57.0 Å². The van der Waals surface area contributed by atoms with E-state index in [0.29, 0.717) is 38.1 Å². The Kier molecular flexibility index (Phi) is 9.36. The summed E-state index contributed by atoms with van der Waals surface area (Å²) in [5.74, 6) is 3.27. The lowest BCUT2D eigenvalue weighted by Crippen LogP contribution is -2.33. The summed E-state index contributed by atoms with van der Waals surface area (Å²) in [6, 6.07) is 26.0. The third-order valence-corrected chi connectivity index (χ3v) is 9.61. The molecule has 0 bridgehead atoms. The van der Waals surface area contributed by atoms with Gasteiger partial charge in [-0.2, -0.15) is 0 Å². The highest BCUT2D eigenvalue weighted by Gasteiger charge is 2.36. The first-order chi connectivity index (χ1) is 21.8. The molecular weight excluding hydrogens is 564 g/mol. The summed E-state index contributed by atoms with van der Waals surface area (Å²) in [6.07, 6.45) is 7.78. The molecule has 238 valence electrons. The summed E-state index contributed by atoms with van der Waals surface area (Å²) in [5.41, 5.74) is 4.37. The van der Waals surface area contributed by atoms with E-state index in [1.165, 1.54) is 22.3 Å². The molecule has 6 nitrogen and oxygen atoms in total. The fraction of sp³-hybridized carbons (Fsp3) is 0.436. The Balaban J connectivity index is 1.25. The highest BCUT2D eigenvalue weighted by molar-refractivity contribution is 5.52. The summed E-state index contributed by atoms with van der Waals surface area (Å²) in [5, 5.41) is 9.13. The monoisotopic (exact) mass is 610 g/mol. The predicted octanol–water partition coefficient (Wildman–Crippen LogP) is 6.98.